The van der Waals surface area contributed by atoms with Crippen molar-refractivity contribution >= 4 is 5.91 Å². The molecule has 0 fully saturated rings. The molecule has 15 heavy (non-hydrogen) atoms. The van der Waals surface area contributed by atoms with Crippen LogP contribution in [-0.2, 0) is 4.79 Å². The fourth-order valence-electron chi connectivity index (χ4n) is 1.40. The topological polar surface area (TPSA) is 55.1 Å². The summed E-state index contributed by atoms with van der Waals surface area (Å²) in [5.41, 5.74) is 6.46. The zero-order chi connectivity index (χ0) is 11.3. The molecule has 82 valence electrons. The van der Waals surface area contributed by atoms with E-state index >= 15 is 0 Å². The van der Waals surface area contributed by atoms with E-state index in [1.165, 1.54) is 12.1 Å². The molecule has 0 aliphatic carbocycles. The van der Waals surface area contributed by atoms with E-state index in [4.69, 9.17) is 5.73 Å². The second kappa shape index (κ2) is 5.46. The summed E-state index contributed by atoms with van der Waals surface area (Å²) in [5, 5.41) is 2.54. The van der Waals surface area contributed by atoms with Crippen LogP contribution < -0.4 is 11.1 Å². The minimum atomic E-state index is -0.283. The van der Waals surface area contributed by atoms with Crippen molar-refractivity contribution in [2.75, 3.05) is 13.6 Å². The molecule has 1 aromatic rings. The molecule has 1 amide bonds. The molecule has 1 rings (SSSR count). The lowest BCUT2D eigenvalue weighted by Gasteiger charge is -2.13. The molecule has 0 aromatic heterocycles. The molecule has 0 saturated carbocycles. The number of nitrogens with two attached hydrogens (primary N) is 1. The Hall–Kier alpha value is -1.42. The van der Waals surface area contributed by atoms with Gasteiger partial charge in [0, 0.05) is 19.4 Å². The van der Waals surface area contributed by atoms with Crippen LogP contribution in [0.3, 0.4) is 0 Å². The molecule has 0 bridgehead atoms. The molecule has 0 aliphatic heterocycles. The number of carbonyl (C=O) groups excluding carboxylic acids is 1. The summed E-state index contributed by atoms with van der Waals surface area (Å²) in [6.45, 7) is 0.374. The lowest BCUT2D eigenvalue weighted by atomic mass is 9.95. The van der Waals surface area contributed by atoms with Gasteiger partial charge in [0.15, 0.2) is 0 Å². The Morgan fingerprint density at radius 2 is 2.07 bits per heavy atom. The van der Waals surface area contributed by atoms with E-state index in [9.17, 15) is 9.18 Å². The van der Waals surface area contributed by atoms with Gasteiger partial charge in [-0.1, -0.05) is 12.1 Å². The second-order valence-corrected chi connectivity index (χ2v) is 3.36. The van der Waals surface area contributed by atoms with Crippen LogP contribution >= 0.6 is 0 Å². The number of hydrogen-bond acceptors (Lipinski definition) is 2. The number of hydrogen-bond donors (Lipinski definition) is 2. The first-order valence-corrected chi connectivity index (χ1v) is 4.83. The highest BCUT2D eigenvalue weighted by Gasteiger charge is 2.13. The molecule has 0 spiro atoms. The van der Waals surface area contributed by atoms with Crippen molar-refractivity contribution in [3.63, 3.8) is 0 Å². The van der Waals surface area contributed by atoms with Gasteiger partial charge in [0.05, 0.1) is 0 Å². The first-order valence-electron chi connectivity index (χ1n) is 4.83. The van der Waals surface area contributed by atoms with Gasteiger partial charge < -0.3 is 11.1 Å². The lowest BCUT2D eigenvalue weighted by molar-refractivity contribution is -0.120. The summed E-state index contributed by atoms with van der Waals surface area (Å²) >= 11 is 0. The van der Waals surface area contributed by atoms with Crippen LogP contribution in [0.2, 0.25) is 0 Å². The molecule has 3 nitrogen and oxygen atoms in total. The zero-order valence-corrected chi connectivity index (χ0v) is 8.66. The van der Waals surface area contributed by atoms with Crippen LogP contribution in [0.1, 0.15) is 17.9 Å². The Morgan fingerprint density at radius 3 is 2.53 bits per heavy atom. The number of halogens is 1. The van der Waals surface area contributed by atoms with Crippen molar-refractivity contribution in [2.24, 2.45) is 5.73 Å². The second-order valence-electron chi connectivity index (χ2n) is 3.36. The Morgan fingerprint density at radius 1 is 1.47 bits per heavy atom. The summed E-state index contributed by atoms with van der Waals surface area (Å²) in [7, 11) is 1.58. The zero-order valence-electron chi connectivity index (χ0n) is 8.66. The Bertz CT molecular complexity index is 324. The molecule has 0 aliphatic rings. The average Bonchev–Trinajstić information content (AvgIpc) is 2.27. The van der Waals surface area contributed by atoms with E-state index < -0.39 is 0 Å². The maximum atomic E-state index is 12.7. The van der Waals surface area contributed by atoms with Gasteiger partial charge in [0.25, 0.3) is 0 Å². The molecule has 1 atom stereocenters. The molecular weight excluding hydrogens is 195 g/mol. The largest absolute Gasteiger partial charge is 0.359 e. The number of carbonyl (C=O) groups is 1. The third-order valence-corrected chi connectivity index (χ3v) is 2.34. The summed E-state index contributed by atoms with van der Waals surface area (Å²) in [6, 6.07) is 6.08. The van der Waals surface area contributed by atoms with Gasteiger partial charge in [0.2, 0.25) is 5.91 Å². The normalized spacial score (nSPS) is 12.2. The Balaban J connectivity index is 2.74. The molecule has 1 unspecified atom stereocenters. The van der Waals surface area contributed by atoms with Gasteiger partial charge in [0.1, 0.15) is 5.82 Å². The molecule has 3 N–H and O–H groups in total. The monoisotopic (exact) mass is 210 g/mol. The highest BCUT2D eigenvalue weighted by atomic mass is 19.1. The van der Waals surface area contributed by atoms with Crippen LogP contribution in [0.5, 0.6) is 0 Å². The highest BCUT2D eigenvalue weighted by Crippen LogP contribution is 2.18. The van der Waals surface area contributed by atoms with E-state index in [2.05, 4.69) is 5.32 Å². The van der Waals surface area contributed by atoms with Crippen LogP contribution in [0.15, 0.2) is 24.3 Å². The van der Waals surface area contributed by atoms with E-state index in [0.29, 0.717) is 13.0 Å². The van der Waals surface area contributed by atoms with Crippen molar-refractivity contribution in [3.8, 4) is 0 Å². The number of nitrogens with one attached hydrogen (secondary N) is 1. The molecular formula is C11H15FN2O. The molecule has 0 saturated heterocycles. The van der Waals surface area contributed by atoms with E-state index in [0.717, 1.165) is 5.56 Å². The maximum Gasteiger partial charge on any atom is 0.220 e. The quantitative estimate of drug-likeness (QED) is 0.779. The summed E-state index contributed by atoms with van der Waals surface area (Å²) in [6.07, 6.45) is 0.332. The van der Waals surface area contributed by atoms with Crippen LogP contribution in [0.25, 0.3) is 0 Å². The molecule has 1 aromatic carbocycles. The predicted molar refractivity (Wildman–Crippen MR) is 56.9 cm³/mol. The minimum absolute atomic E-state index is 0.0504. The van der Waals surface area contributed by atoms with E-state index in [1.807, 2.05) is 0 Å². The fourth-order valence-corrected chi connectivity index (χ4v) is 1.40. The molecule has 0 heterocycles. The average molecular weight is 210 g/mol. The van der Waals surface area contributed by atoms with Gasteiger partial charge in [-0.2, -0.15) is 0 Å². The predicted octanol–water partition coefficient (Wildman–Crippen LogP) is 1.00. The van der Waals surface area contributed by atoms with Gasteiger partial charge in [-0.3, -0.25) is 4.79 Å². The first kappa shape index (κ1) is 11.7. The smallest absolute Gasteiger partial charge is 0.220 e. The van der Waals surface area contributed by atoms with Crippen molar-refractivity contribution < 1.29 is 9.18 Å². The minimum Gasteiger partial charge on any atom is -0.359 e. The Labute approximate surface area is 88.5 Å². The van der Waals surface area contributed by atoms with Crippen molar-refractivity contribution in [1.82, 2.24) is 5.32 Å². The standard InChI is InChI=1S/C11H15FN2O/c1-14-11(15)6-9(7-13)8-2-4-10(12)5-3-8/h2-5,9H,6-7,13H2,1H3,(H,14,15). The molecule has 0 radical (unpaired) electrons. The van der Waals surface area contributed by atoms with Crippen molar-refractivity contribution in [2.45, 2.75) is 12.3 Å². The number of benzene rings is 1. The van der Waals surface area contributed by atoms with Crippen LogP contribution in [0.4, 0.5) is 4.39 Å². The number of amides is 1. The summed E-state index contributed by atoms with van der Waals surface area (Å²) < 4.78 is 12.7. The molecule has 4 heteroatoms. The van der Waals surface area contributed by atoms with Crippen molar-refractivity contribution in [3.05, 3.63) is 35.6 Å². The lowest BCUT2D eigenvalue weighted by Crippen LogP contribution is -2.24. The van der Waals surface area contributed by atoms with E-state index in [1.54, 1.807) is 19.2 Å². The third kappa shape index (κ3) is 3.32. The van der Waals surface area contributed by atoms with Crippen LogP contribution in [0, 0.1) is 5.82 Å². The van der Waals surface area contributed by atoms with Gasteiger partial charge in [-0.25, -0.2) is 4.39 Å². The fraction of sp³-hybridized carbons (Fsp3) is 0.364. The Kier molecular flexibility index (Phi) is 4.24. The SMILES string of the molecule is CNC(=O)CC(CN)c1ccc(F)cc1. The van der Waals surface area contributed by atoms with Gasteiger partial charge in [-0.15, -0.1) is 0 Å². The van der Waals surface area contributed by atoms with Crippen molar-refractivity contribution in [1.29, 1.82) is 0 Å². The van der Waals surface area contributed by atoms with Crippen LogP contribution in [-0.4, -0.2) is 19.5 Å². The van der Waals surface area contributed by atoms with Gasteiger partial charge >= 0.3 is 0 Å². The number of rotatable bonds is 4. The highest BCUT2D eigenvalue weighted by molar-refractivity contribution is 5.76. The maximum absolute atomic E-state index is 12.7. The summed E-state index contributed by atoms with van der Waals surface area (Å²) in [5.74, 6) is -0.394. The summed E-state index contributed by atoms with van der Waals surface area (Å²) in [4.78, 5) is 11.2. The first-order chi connectivity index (χ1) is 7.17. The van der Waals surface area contributed by atoms with E-state index in [-0.39, 0.29) is 17.6 Å². The van der Waals surface area contributed by atoms with Gasteiger partial charge in [-0.05, 0) is 24.2 Å². The third-order valence-electron chi connectivity index (χ3n) is 2.34.